The van der Waals surface area contributed by atoms with Crippen molar-refractivity contribution >= 4 is 0 Å². The van der Waals surface area contributed by atoms with Crippen LogP contribution in [0, 0.1) is 0 Å². The van der Waals surface area contributed by atoms with Crippen LogP contribution in [0.25, 0.3) is 0 Å². The maximum atomic E-state index is 5.00. The van der Waals surface area contributed by atoms with Gasteiger partial charge in [0.1, 0.15) is 0 Å². The first-order valence-electron chi connectivity index (χ1n) is 5.72. The van der Waals surface area contributed by atoms with Crippen molar-refractivity contribution in [2.45, 2.75) is 38.8 Å². The summed E-state index contributed by atoms with van der Waals surface area (Å²) in [6.07, 6.45) is 3.31. The topological polar surface area (TPSA) is 64.9 Å². The van der Waals surface area contributed by atoms with Crippen LogP contribution >= 0.6 is 0 Å². The molecule has 1 aromatic heterocycles. The van der Waals surface area contributed by atoms with Gasteiger partial charge >= 0.3 is 0 Å². The molecule has 0 bridgehead atoms. The molecule has 0 aliphatic rings. The Hall–Kier alpha value is -1.01. The molecule has 0 radical (unpaired) electrons. The van der Waals surface area contributed by atoms with Gasteiger partial charge in [-0.25, -0.2) is 4.68 Å². The van der Waals surface area contributed by atoms with Crippen molar-refractivity contribution in [3.8, 4) is 0 Å². The molecule has 0 saturated carbocycles. The van der Waals surface area contributed by atoms with Crippen LogP contribution in [0.1, 0.15) is 38.1 Å². The van der Waals surface area contributed by atoms with Crippen molar-refractivity contribution in [2.24, 2.45) is 0 Å². The minimum Gasteiger partial charge on any atom is -0.385 e. The van der Waals surface area contributed by atoms with Crippen molar-refractivity contribution in [2.75, 3.05) is 20.8 Å². The van der Waals surface area contributed by atoms with Crippen LogP contribution in [-0.2, 0) is 11.3 Å². The first kappa shape index (κ1) is 13.1. The Kier molecular flexibility index (Phi) is 5.95. The fraction of sp³-hybridized carbons (Fsp3) is 0.900. The Morgan fingerprint density at radius 1 is 1.38 bits per heavy atom. The van der Waals surface area contributed by atoms with Gasteiger partial charge in [-0.05, 0) is 43.7 Å². The van der Waals surface area contributed by atoms with Crippen molar-refractivity contribution in [3.05, 3.63) is 5.82 Å². The van der Waals surface area contributed by atoms with E-state index < -0.39 is 0 Å². The number of rotatable bonds is 8. The zero-order valence-electron chi connectivity index (χ0n) is 10.3. The fourth-order valence-corrected chi connectivity index (χ4v) is 1.49. The summed E-state index contributed by atoms with van der Waals surface area (Å²) < 4.78 is 6.87. The number of unbranched alkanes of at least 4 members (excludes halogenated alkanes) is 2. The second kappa shape index (κ2) is 7.29. The van der Waals surface area contributed by atoms with Gasteiger partial charge in [-0.3, -0.25) is 0 Å². The van der Waals surface area contributed by atoms with Gasteiger partial charge < -0.3 is 10.1 Å². The normalized spacial score (nSPS) is 12.9. The molecule has 1 atom stereocenters. The van der Waals surface area contributed by atoms with Crippen LogP contribution in [0.15, 0.2) is 0 Å². The highest BCUT2D eigenvalue weighted by atomic mass is 16.5. The number of aryl methyl sites for hydroxylation is 1. The van der Waals surface area contributed by atoms with E-state index in [1.54, 1.807) is 7.11 Å². The second-order valence-electron chi connectivity index (χ2n) is 3.82. The SMILES string of the molecule is CNC(C)c1nnnn1CCCCCOC. The molecule has 0 spiro atoms. The number of hydrogen-bond donors (Lipinski definition) is 1. The third-order valence-corrected chi connectivity index (χ3v) is 2.60. The lowest BCUT2D eigenvalue weighted by molar-refractivity contribution is 0.191. The summed E-state index contributed by atoms with van der Waals surface area (Å²) in [6.45, 7) is 3.75. The molecule has 92 valence electrons. The number of methoxy groups -OCH3 is 1. The third-order valence-electron chi connectivity index (χ3n) is 2.60. The van der Waals surface area contributed by atoms with Gasteiger partial charge in [-0.15, -0.1) is 5.10 Å². The minimum atomic E-state index is 0.189. The smallest absolute Gasteiger partial charge is 0.167 e. The molecule has 0 saturated heterocycles. The lowest BCUT2D eigenvalue weighted by atomic mass is 10.2. The first-order valence-corrected chi connectivity index (χ1v) is 5.72. The van der Waals surface area contributed by atoms with E-state index in [9.17, 15) is 0 Å². The number of hydrogen-bond acceptors (Lipinski definition) is 5. The average molecular weight is 227 g/mol. The third kappa shape index (κ3) is 3.86. The average Bonchev–Trinajstić information content (AvgIpc) is 2.76. The summed E-state index contributed by atoms with van der Waals surface area (Å²) in [5, 5.41) is 14.8. The molecular weight excluding hydrogens is 206 g/mol. The molecule has 6 heteroatoms. The molecule has 1 unspecified atom stereocenters. The van der Waals surface area contributed by atoms with Gasteiger partial charge in [0.05, 0.1) is 6.04 Å². The van der Waals surface area contributed by atoms with Gasteiger partial charge in [-0.2, -0.15) is 0 Å². The zero-order valence-corrected chi connectivity index (χ0v) is 10.3. The fourth-order valence-electron chi connectivity index (χ4n) is 1.49. The molecule has 0 amide bonds. The highest BCUT2D eigenvalue weighted by Gasteiger charge is 2.11. The monoisotopic (exact) mass is 227 g/mol. The summed E-state index contributed by atoms with van der Waals surface area (Å²) >= 11 is 0. The number of nitrogens with zero attached hydrogens (tertiary/aromatic N) is 4. The molecule has 1 N–H and O–H groups in total. The highest BCUT2D eigenvalue weighted by Crippen LogP contribution is 2.07. The van der Waals surface area contributed by atoms with Gasteiger partial charge in [0.15, 0.2) is 5.82 Å². The van der Waals surface area contributed by atoms with Gasteiger partial charge in [0, 0.05) is 20.3 Å². The van der Waals surface area contributed by atoms with E-state index in [2.05, 4.69) is 20.8 Å². The van der Waals surface area contributed by atoms with Crippen LogP contribution in [0.5, 0.6) is 0 Å². The van der Waals surface area contributed by atoms with Crippen molar-refractivity contribution in [1.82, 2.24) is 25.5 Å². The van der Waals surface area contributed by atoms with Crippen LogP contribution in [0.4, 0.5) is 0 Å². The zero-order chi connectivity index (χ0) is 11.8. The number of aromatic nitrogens is 4. The molecule has 6 nitrogen and oxygen atoms in total. The van der Waals surface area contributed by atoms with E-state index in [1.807, 2.05) is 18.7 Å². The lowest BCUT2D eigenvalue weighted by Gasteiger charge is -2.09. The predicted molar refractivity (Wildman–Crippen MR) is 61.0 cm³/mol. The Balaban J connectivity index is 2.33. The van der Waals surface area contributed by atoms with Crippen LogP contribution in [-0.4, -0.2) is 41.0 Å². The van der Waals surface area contributed by atoms with E-state index in [-0.39, 0.29) is 6.04 Å². The molecule has 1 rings (SSSR count). The molecule has 1 heterocycles. The maximum absolute atomic E-state index is 5.00. The predicted octanol–water partition coefficient (Wildman–Crippen LogP) is 0.770. The number of tetrazole rings is 1. The van der Waals surface area contributed by atoms with E-state index in [0.29, 0.717) is 0 Å². The Labute approximate surface area is 96.4 Å². The van der Waals surface area contributed by atoms with E-state index in [4.69, 9.17) is 4.74 Å². The number of nitrogens with one attached hydrogen (secondary N) is 1. The molecule has 0 aromatic carbocycles. The van der Waals surface area contributed by atoms with Gasteiger partial charge in [0.25, 0.3) is 0 Å². The Bertz CT molecular complexity index is 288. The van der Waals surface area contributed by atoms with Crippen LogP contribution in [0.2, 0.25) is 0 Å². The molecule has 16 heavy (non-hydrogen) atoms. The molecule has 0 aliphatic heterocycles. The van der Waals surface area contributed by atoms with Gasteiger partial charge in [0.2, 0.25) is 0 Å². The summed E-state index contributed by atoms with van der Waals surface area (Å²) in [5.74, 6) is 0.897. The van der Waals surface area contributed by atoms with Crippen LogP contribution in [0.3, 0.4) is 0 Å². The van der Waals surface area contributed by atoms with Crippen molar-refractivity contribution in [1.29, 1.82) is 0 Å². The van der Waals surface area contributed by atoms with E-state index >= 15 is 0 Å². The minimum absolute atomic E-state index is 0.189. The first-order chi connectivity index (χ1) is 7.79. The summed E-state index contributed by atoms with van der Waals surface area (Å²) in [6, 6.07) is 0.189. The second-order valence-corrected chi connectivity index (χ2v) is 3.82. The standard InChI is InChI=1S/C10H21N5O/c1-9(11-2)10-12-13-14-15(10)7-5-4-6-8-16-3/h9,11H,4-8H2,1-3H3. The largest absolute Gasteiger partial charge is 0.385 e. The molecular formula is C10H21N5O. The Morgan fingerprint density at radius 3 is 2.88 bits per heavy atom. The lowest BCUT2D eigenvalue weighted by Crippen LogP contribution is -2.18. The van der Waals surface area contributed by atoms with Crippen molar-refractivity contribution in [3.63, 3.8) is 0 Å². The maximum Gasteiger partial charge on any atom is 0.167 e. The summed E-state index contributed by atoms with van der Waals surface area (Å²) in [7, 11) is 3.64. The van der Waals surface area contributed by atoms with E-state index in [0.717, 1.165) is 38.2 Å². The molecule has 0 aliphatic carbocycles. The summed E-state index contributed by atoms with van der Waals surface area (Å²) in [5.41, 5.74) is 0. The summed E-state index contributed by atoms with van der Waals surface area (Å²) in [4.78, 5) is 0. The quantitative estimate of drug-likeness (QED) is 0.665. The Morgan fingerprint density at radius 2 is 2.19 bits per heavy atom. The highest BCUT2D eigenvalue weighted by molar-refractivity contribution is 4.88. The van der Waals surface area contributed by atoms with E-state index in [1.165, 1.54) is 0 Å². The van der Waals surface area contributed by atoms with Crippen LogP contribution < -0.4 is 5.32 Å². The molecule has 0 fully saturated rings. The number of ether oxygens (including phenoxy) is 1. The van der Waals surface area contributed by atoms with Crippen molar-refractivity contribution < 1.29 is 4.74 Å². The molecule has 1 aromatic rings. The van der Waals surface area contributed by atoms with Gasteiger partial charge in [-0.1, -0.05) is 0 Å².